The van der Waals surface area contributed by atoms with Crippen LogP contribution in [0.5, 0.6) is 0 Å². The van der Waals surface area contributed by atoms with E-state index in [0.717, 1.165) is 25.0 Å². The van der Waals surface area contributed by atoms with E-state index in [1.54, 1.807) is 9.80 Å². The minimum absolute atomic E-state index is 0.00118. The molecular weight excluding hydrogens is 424 g/mol. The largest absolute Gasteiger partial charge is 0.416 e. The Morgan fingerprint density at radius 2 is 1.50 bits per heavy atom. The minimum Gasteiger partial charge on any atom is -0.339 e. The first kappa shape index (κ1) is 22.3. The summed E-state index contributed by atoms with van der Waals surface area (Å²) in [5.74, 6) is -0.803. The van der Waals surface area contributed by atoms with Crippen molar-refractivity contribution in [1.82, 2.24) is 9.80 Å². The van der Waals surface area contributed by atoms with Crippen molar-refractivity contribution in [3.63, 3.8) is 0 Å². The maximum absolute atomic E-state index is 13.2. The molecule has 0 aromatic heterocycles. The molecule has 0 spiro atoms. The van der Waals surface area contributed by atoms with Crippen LogP contribution in [0.2, 0.25) is 0 Å². The number of carbonyl (C=O) groups excluding carboxylic acids is 2. The van der Waals surface area contributed by atoms with Crippen molar-refractivity contribution in [2.75, 3.05) is 13.1 Å². The molecule has 1 saturated heterocycles. The molecule has 1 aliphatic heterocycles. The van der Waals surface area contributed by atoms with E-state index in [1.807, 2.05) is 0 Å². The second-order valence-corrected chi connectivity index (χ2v) is 8.47. The Bertz CT molecular complexity index is 961. The van der Waals surface area contributed by atoms with Crippen LogP contribution in [0.1, 0.15) is 47.2 Å². The SMILES string of the molecule is O=C(c1ccc(F)cc1)N1CCC(C(=O)N(Cc2ccc(C(F)(F)F)cc2)C2CC2)CC1. The van der Waals surface area contributed by atoms with E-state index in [0.29, 0.717) is 37.1 Å². The van der Waals surface area contributed by atoms with Crippen LogP contribution in [0, 0.1) is 11.7 Å². The molecule has 1 heterocycles. The van der Waals surface area contributed by atoms with Crippen molar-refractivity contribution < 1.29 is 27.2 Å². The van der Waals surface area contributed by atoms with E-state index in [-0.39, 0.29) is 30.3 Å². The maximum atomic E-state index is 13.2. The molecule has 4 nitrogen and oxygen atoms in total. The highest BCUT2D eigenvalue weighted by atomic mass is 19.4. The third kappa shape index (κ3) is 5.11. The lowest BCUT2D eigenvalue weighted by Gasteiger charge is -2.34. The van der Waals surface area contributed by atoms with Gasteiger partial charge in [-0.25, -0.2) is 4.39 Å². The summed E-state index contributed by atoms with van der Waals surface area (Å²) in [6, 6.07) is 10.5. The molecule has 170 valence electrons. The topological polar surface area (TPSA) is 40.6 Å². The number of benzene rings is 2. The lowest BCUT2D eigenvalue weighted by Crippen LogP contribution is -2.44. The molecule has 2 aliphatic rings. The van der Waals surface area contributed by atoms with Gasteiger partial charge in [0.25, 0.3) is 5.91 Å². The highest BCUT2D eigenvalue weighted by Crippen LogP contribution is 2.33. The summed E-state index contributed by atoms with van der Waals surface area (Å²) in [6.45, 7) is 1.16. The zero-order valence-corrected chi connectivity index (χ0v) is 17.4. The summed E-state index contributed by atoms with van der Waals surface area (Å²) < 4.78 is 51.5. The zero-order chi connectivity index (χ0) is 22.9. The van der Waals surface area contributed by atoms with Gasteiger partial charge < -0.3 is 9.80 Å². The fraction of sp³-hybridized carbons (Fsp3) is 0.417. The number of halogens is 4. The summed E-state index contributed by atoms with van der Waals surface area (Å²) in [6.07, 6.45) is -1.53. The number of likely N-dealkylation sites (tertiary alicyclic amines) is 1. The van der Waals surface area contributed by atoms with Gasteiger partial charge in [0.1, 0.15) is 5.82 Å². The van der Waals surface area contributed by atoms with E-state index in [2.05, 4.69) is 0 Å². The third-order valence-corrected chi connectivity index (χ3v) is 6.13. The molecule has 8 heteroatoms. The third-order valence-electron chi connectivity index (χ3n) is 6.13. The van der Waals surface area contributed by atoms with Crippen LogP contribution < -0.4 is 0 Å². The standard InChI is InChI=1S/C24H24F4N2O2/c25-20-7-3-17(4-8-20)22(31)29-13-11-18(12-14-29)23(32)30(21-9-10-21)15-16-1-5-19(6-2-16)24(26,27)28/h1-8,18,21H,9-15H2. The Morgan fingerprint density at radius 1 is 0.906 bits per heavy atom. The summed E-state index contributed by atoms with van der Waals surface area (Å²) >= 11 is 0. The van der Waals surface area contributed by atoms with Crippen molar-refractivity contribution in [1.29, 1.82) is 0 Å². The number of hydrogen-bond acceptors (Lipinski definition) is 2. The number of rotatable bonds is 5. The van der Waals surface area contributed by atoms with Crippen LogP contribution in [-0.4, -0.2) is 40.7 Å². The molecule has 1 saturated carbocycles. The Balaban J connectivity index is 1.36. The van der Waals surface area contributed by atoms with E-state index in [9.17, 15) is 27.2 Å². The maximum Gasteiger partial charge on any atom is 0.416 e. The molecule has 32 heavy (non-hydrogen) atoms. The summed E-state index contributed by atoms with van der Waals surface area (Å²) in [5.41, 5.74) is 0.379. The van der Waals surface area contributed by atoms with Crippen molar-refractivity contribution in [3.05, 3.63) is 71.0 Å². The Morgan fingerprint density at radius 3 is 2.03 bits per heavy atom. The molecule has 0 bridgehead atoms. The van der Waals surface area contributed by atoms with Crippen molar-refractivity contribution in [2.24, 2.45) is 5.92 Å². The van der Waals surface area contributed by atoms with E-state index < -0.39 is 17.6 Å². The fourth-order valence-electron chi connectivity index (χ4n) is 4.11. The average molecular weight is 448 g/mol. The van der Waals surface area contributed by atoms with Gasteiger partial charge in [0.05, 0.1) is 5.56 Å². The van der Waals surface area contributed by atoms with Gasteiger partial charge in [-0.2, -0.15) is 13.2 Å². The molecule has 1 aliphatic carbocycles. The lowest BCUT2D eigenvalue weighted by atomic mass is 9.94. The molecule has 4 rings (SSSR count). The monoisotopic (exact) mass is 448 g/mol. The van der Waals surface area contributed by atoms with Crippen molar-refractivity contribution in [3.8, 4) is 0 Å². The molecule has 2 aromatic carbocycles. The smallest absolute Gasteiger partial charge is 0.339 e. The van der Waals surface area contributed by atoms with Gasteiger partial charge in [-0.15, -0.1) is 0 Å². The first-order valence-electron chi connectivity index (χ1n) is 10.7. The summed E-state index contributed by atoms with van der Waals surface area (Å²) in [4.78, 5) is 29.3. The van der Waals surface area contributed by atoms with Crippen molar-refractivity contribution in [2.45, 2.75) is 44.4 Å². The highest BCUT2D eigenvalue weighted by Gasteiger charge is 2.38. The van der Waals surface area contributed by atoms with Crippen LogP contribution in [0.3, 0.4) is 0 Å². The molecule has 0 radical (unpaired) electrons. The lowest BCUT2D eigenvalue weighted by molar-refractivity contribution is -0.139. The molecule has 2 amide bonds. The Hall–Kier alpha value is -2.90. The zero-order valence-electron chi connectivity index (χ0n) is 17.4. The van der Waals surface area contributed by atoms with Crippen LogP contribution in [0.25, 0.3) is 0 Å². The van der Waals surface area contributed by atoms with Crippen molar-refractivity contribution >= 4 is 11.8 Å². The first-order chi connectivity index (χ1) is 15.2. The Kier molecular flexibility index (Phi) is 6.22. The second kappa shape index (κ2) is 8.92. The highest BCUT2D eigenvalue weighted by molar-refractivity contribution is 5.94. The number of nitrogens with zero attached hydrogens (tertiary/aromatic N) is 2. The van der Waals surface area contributed by atoms with Gasteiger partial charge in [0, 0.05) is 37.2 Å². The molecular formula is C24H24F4N2O2. The van der Waals surface area contributed by atoms with Crippen LogP contribution in [0.15, 0.2) is 48.5 Å². The van der Waals surface area contributed by atoms with E-state index in [4.69, 9.17) is 0 Å². The fourth-order valence-corrected chi connectivity index (χ4v) is 4.11. The van der Waals surface area contributed by atoms with Gasteiger partial charge in [-0.05, 0) is 67.6 Å². The predicted octanol–water partition coefficient (Wildman–Crippen LogP) is 4.89. The molecule has 0 unspecified atom stereocenters. The van der Waals surface area contributed by atoms with Gasteiger partial charge in [0.15, 0.2) is 0 Å². The number of alkyl halides is 3. The van der Waals surface area contributed by atoms with Gasteiger partial charge in [-0.1, -0.05) is 12.1 Å². The number of amides is 2. The van der Waals surface area contributed by atoms with E-state index >= 15 is 0 Å². The Labute approximate surface area is 183 Å². The molecule has 2 aromatic rings. The van der Waals surface area contributed by atoms with Gasteiger partial charge in [-0.3, -0.25) is 9.59 Å². The van der Waals surface area contributed by atoms with Crippen LogP contribution >= 0.6 is 0 Å². The second-order valence-electron chi connectivity index (χ2n) is 8.47. The predicted molar refractivity (Wildman–Crippen MR) is 110 cm³/mol. The summed E-state index contributed by atoms with van der Waals surface area (Å²) in [7, 11) is 0. The van der Waals surface area contributed by atoms with Gasteiger partial charge in [0.2, 0.25) is 5.91 Å². The van der Waals surface area contributed by atoms with Crippen LogP contribution in [0.4, 0.5) is 17.6 Å². The van der Waals surface area contributed by atoms with Crippen LogP contribution in [-0.2, 0) is 17.5 Å². The molecule has 0 atom stereocenters. The minimum atomic E-state index is -4.39. The van der Waals surface area contributed by atoms with Gasteiger partial charge >= 0.3 is 6.18 Å². The first-order valence-corrected chi connectivity index (χ1v) is 10.7. The quantitative estimate of drug-likeness (QED) is 0.612. The number of hydrogen-bond donors (Lipinski definition) is 0. The number of carbonyl (C=O) groups is 2. The molecule has 0 N–H and O–H groups in total. The average Bonchev–Trinajstić information content (AvgIpc) is 3.62. The van der Waals surface area contributed by atoms with E-state index in [1.165, 1.54) is 36.4 Å². The number of piperidine rings is 1. The normalized spacial score (nSPS) is 17.3. The molecule has 2 fully saturated rings. The summed E-state index contributed by atoms with van der Waals surface area (Å²) in [5, 5.41) is 0.